The van der Waals surface area contributed by atoms with Crippen LogP contribution < -0.4 is 5.73 Å². The van der Waals surface area contributed by atoms with Crippen LogP contribution >= 0.6 is 12.2 Å². The first-order valence-electron chi connectivity index (χ1n) is 4.46. The van der Waals surface area contributed by atoms with Gasteiger partial charge in [-0.25, -0.2) is 5.10 Å². The van der Waals surface area contributed by atoms with Gasteiger partial charge >= 0.3 is 0 Å². The van der Waals surface area contributed by atoms with Gasteiger partial charge in [0.05, 0.1) is 0 Å². The third-order valence-electron chi connectivity index (χ3n) is 2.45. The molecule has 14 heavy (non-hydrogen) atoms. The first kappa shape index (κ1) is 9.85. The molecule has 0 spiro atoms. The largest absolute Gasteiger partial charge is 0.368 e. The molecule has 1 aromatic heterocycles. The highest BCUT2D eigenvalue weighted by Crippen LogP contribution is 2.24. The molecule has 78 valence electrons. The van der Waals surface area contributed by atoms with Crippen molar-refractivity contribution in [1.29, 1.82) is 0 Å². The summed E-state index contributed by atoms with van der Waals surface area (Å²) in [5.41, 5.74) is 5.68. The normalized spacial score (nSPS) is 27.7. The Balaban J connectivity index is 2.24. The summed E-state index contributed by atoms with van der Waals surface area (Å²) in [4.78, 5) is 0. The van der Waals surface area contributed by atoms with Crippen LogP contribution in [0.4, 0.5) is 5.95 Å². The van der Waals surface area contributed by atoms with Crippen molar-refractivity contribution in [3.8, 4) is 0 Å². The number of nitrogen functional groups attached to an aromatic ring is 1. The van der Waals surface area contributed by atoms with E-state index < -0.39 is 10.8 Å². The van der Waals surface area contributed by atoms with Gasteiger partial charge in [0.25, 0.3) is 0 Å². The Hall–Kier alpha value is -0.690. The number of nitrogens with two attached hydrogens (primary N) is 1. The molecule has 0 radical (unpaired) electrons. The van der Waals surface area contributed by atoms with Gasteiger partial charge in [0.15, 0.2) is 4.77 Å². The van der Waals surface area contributed by atoms with Gasteiger partial charge in [-0.3, -0.25) is 8.78 Å². The average molecular weight is 232 g/mol. The summed E-state index contributed by atoms with van der Waals surface area (Å²) in [5, 5.41) is 6.52. The Morgan fingerprint density at radius 3 is 2.71 bits per heavy atom. The Bertz CT molecular complexity index is 400. The third kappa shape index (κ3) is 1.74. The standard InChI is InChI=1S/C7H12N4OS2/c8-6-9-10-7(13)11(6)5-1-3-14(12)4-2-5/h5H,1-4H2,(H2,8,9)(H,10,13). The van der Waals surface area contributed by atoms with E-state index in [4.69, 9.17) is 18.0 Å². The van der Waals surface area contributed by atoms with E-state index in [0.29, 0.717) is 10.7 Å². The van der Waals surface area contributed by atoms with Crippen LogP contribution in [-0.2, 0) is 10.8 Å². The first-order chi connectivity index (χ1) is 6.68. The zero-order valence-corrected chi connectivity index (χ0v) is 9.24. The topological polar surface area (TPSA) is 76.7 Å². The molecule has 0 amide bonds. The van der Waals surface area contributed by atoms with E-state index in [0.717, 1.165) is 24.3 Å². The second kappa shape index (κ2) is 3.82. The summed E-state index contributed by atoms with van der Waals surface area (Å²) >= 11 is 5.07. The lowest BCUT2D eigenvalue weighted by molar-refractivity contribution is 0.462. The van der Waals surface area contributed by atoms with E-state index in [1.807, 2.05) is 4.57 Å². The second-order valence-electron chi connectivity index (χ2n) is 3.34. The fraction of sp³-hybridized carbons (Fsp3) is 0.714. The Morgan fingerprint density at radius 1 is 1.57 bits per heavy atom. The fourth-order valence-electron chi connectivity index (χ4n) is 1.71. The van der Waals surface area contributed by atoms with Crippen molar-refractivity contribution in [3.05, 3.63) is 4.77 Å². The number of H-pyrrole nitrogens is 1. The fourth-order valence-corrected chi connectivity index (χ4v) is 3.27. The van der Waals surface area contributed by atoms with E-state index in [-0.39, 0.29) is 6.04 Å². The van der Waals surface area contributed by atoms with Crippen LogP contribution in [0.1, 0.15) is 18.9 Å². The van der Waals surface area contributed by atoms with E-state index in [1.54, 1.807) is 0 Å². The van der Waals surface area contributed by atoms with Crippen LogP contribution in [0, 0.1) is 4.77 Å². The first-order valence-corrected chi connectivity index (χ1v) is 6.35. The highest BCUT2D eigenvalue weighted by Gasteiger charge is 2.21. The average Bonchev–Trinajstić information content (AvgIpc) is 2.49. The second-order valence-corrected chi connectivity index (χ2v) is 5.42. The number of nitrogens with zero attached hydrogens (tertiary/aromatic N) is 2. The number of rotatable bonds is 1. The Kier molecular flexibility index (Phi) is 2.69. The molecule has 1 aromatic rings. The lowest BCUT2D eigenvalue weighted by Crippen LogP contribution is -2.22. The molecule has 2 heterocycles. The lowest BCUT2D eigenvalue weighted by Gasteiger charge is -2.22. The van der Waals surface area contributed by atoms with Crippen LogP contribution in [0.3, 0.4) is 0 Å². The minimum Gasteiger partial charge on any atom is -0.368 e. The van der Waals surface area contributed by atoms with Crippen molar-refractivity contribution in [2.45, 2.75) is 18.9 Å². The molecular formula is C7H12N4OS2. The zero-order chi connectivity index (χ0) is 10.1. The molecule has 1 aliphatic rings. The smallest absolute Gasteiger partial charge is 0.220 e. The van der Waals surface area contributed by atoms with E-state index in [2.05, 4.69) is 10.2 Å². The quantitative estimate of drug-likeness (QED) is 0.695. The van der Waals surface area contributed by atoms with Crippen molar-refractivity contribution < 1.29 is 4.21 Å². The molecule has 2 rings (SSSR count). The predicted molar refractivity (Wildman–Crippen MR) is 58.0 cm³/mol. The molecule has 0 atom stereocenters. The maximum Gasteiger partial charge on any atom is 0.220 e. The Morgan fingerprint density at radius 2 is 2.21 bits per heavy atom. The van der Waals surface area contributed by atoms with Crippen molar-refractivity contribution in [3.63, 3.8) is 0 Å². The molecular weight excluding hydrogens is 220 g/mol. The molecule has 3 N–H and O–H groups in total. The summed E-state index contributed by atoms with van der Waals surface area (Å²) < 4.78 is 13.5. The number of aromatic amines is 1. The summed E-state index contributed by atoms with van der Waals surface area (Å²) in [6.45, 7) is 0. The number of hydrogen-bond acceptors (Lipinski definition) is 4. The van der Waals surface area contributed by atoms with Crippen LogP contribution in [0.2, 0.25) is 0 Å². The van der Waals surface area contributed by atoms with Gasteiger partial charge in [0.2, 0.25) is 5.95 Å². The van der Waals surface area contributed by atoms with Gasteiger partial charge in [-0.15, -0.1) is 5.10 Å². The van der Waals surface area contributed by atoms with Crippen molar-refractivity contribution >= 4 is 29.0 Å². The van der Waals surface area contributed by atoms with E-state index in [1.165, 1.54) is 0 Å². The molecule has 5 nitrogen and oxygen atoms in total. The van der Waals surface area contributed by atoms with E-state index >= 15 is 0 Å². The van der Waals surface area contributed by atoms with Crippen LogP contribution in [0.5, 0.6) is 0 Å². The highest BCUT2D eigenvalue weighted by atomic mass is 32.2. The molecule has 7 heteroatoms. The number of anilines is 1. The van der Waals surface area contributed by atoms with Gasteiger partial charge in [-0.1, -0.05) is 0 Å². The number of aromatic nitrogens is 3. The van der Waals surface area contributed by atoms with Crippen molar-refractivity contribution in [1.82, 2.24) is 14.8 Å². The summed E-state index contributed by atoms with van der Waals surface area (Å²) in [5.74, 6) is 1.89. The zero-order valence-electron chi connectivity index (χ0n) is 7.60. The SMILES string of the molecule is Nc1n[nH]c(=S)n1C1CCS(=O)CC1. The minimum absolute atomic E-state index is 0.263. The molecule has 0 unspecified atom stereocenters. The maximum absolute atomic E-state index is 11.2. The maximum atomic E-state index is 11.2. The van der Waals surface area contributed by atoms with Gasteiger partial charge < -0.3 is 5.73 Å². The molecule has 0 aliphatic carbocycles. The molecule has 1 aliphatic heterocycles. The van der Waals surface area contributed by atoms with Gasteiger partial charge in [0.1, 0.15) is 0 Å². The summed E-state index contributed by atoms with van der Waals surface area (Å²) in [6, 6.07) is 0.263. The molecule has 0 bridgehead atoms. The summed E-state index contributed by atoms with van der Waals surface area (Å²) in [6.07, 6.45) is 1.73. The molecule has 0 aromatic carbocycles. The van der Waals surface area contributed by atoms with Crippen molar-refractivity contribution in [2.24, 2.45) is 0 Å². The van der Waals surface area contributed by atoms with Crippen LogP contribution in [-0.4, -0.2) is 30.5 Å². The lowest BCUT2D eigenvalue weighted by atomic mass is 10.1. The third-order valence-corrected chi connectivity index (χ3v) is 4.12. The minimum atomic E-state index is -0.655. The number of nitrogens with one attached hydrogen (secondary N) is 1. The van der Waals surface area contributed by atoms with Gasteiger partial charge in [0, 0.05) is 28.3 Å². The van der Waals surface area contributed by atoms with E-state index in [9.17, 15) is 4.21 Å². The number of hydrogen-bond donors (Lipinski definition) is 2. The predicted octanol–water partition coefficient (Wildman–Crippen LogP) is 0.606. The monoisotopic (exact) mass is 232 g/mol. The molecule has 1 saturated heterocycles. The van der Waals surface area contributed by atoms with Gasteiger partial charge in [-0.05, 0) is 25.1 Å². The molecule has 0 saturated carbocycles. The Labute approximate surface area is 89.2 Å². The van der Waals surface area contributed by atoms with Crippen LogP contribution in [0.25, 0.3) is 0 Å². The molecule has 1 fully saturated rings. The van der Waals surface area contributed by atoms with Crippen molar-refractivity contribution in [2.75, 3.05) is 17.2 Å². The van der Waals surface area contributed by atoms with Crippen LogP contribution in [0.15, 0.2) is 0 Å². The van der Waals surface area contributed by atoms with Gasteiger partial charge in [-0.2, -0.15) is 0 Å². The summed E-state index contributed by atoms with van der Waals surface area (Å²) in [7, 11) is -0.655. The highest BCUT2D eigenvalue weighted by molar-refractivity contribution is 7.85.